The standard InChI is InChI=1S/C15H26N2O2/c1-12(9-10-17(2)3)16-11-13-7-6-8-14(18-4)15(13)19-5/h6-8,12,16H,9-11H2,1-5H3. The second-order valence-electron chi connectivity index (χ2n) is 5.03. The molecule has 1 unspecified atom stereocenters. The van der Waals surface area contributed by atoms with Gasteiger partial charge in [0.05, 0.1) is 14.2 Å². The van der Waals surface area contributed by atoms with E-state index in [1.165, 1.54) is 0 Å². The van der Waals surface area contributed by atoms with Crippen LogP contribution in [0.5, 0.6) is 11.5 Å². The van der Waals surface area contributed by atoms with E-state index in [0.717, 1.165) is 36.6 Å². The molecule has 0 spiro atoms. The van der Waals surface area contributed by atoms with Gasteiger partial charge in [-0.2, -0.15) is 0 Å². The Labute approximate surface area is 116 Å². The Kier molecular flexibility index (Phi) is 6.67. The molecular weight excluding hydrogens is 240 g/mol. The van der Waals surface area contributed by atoms with Crippen LogP contribution in [0.3, 0.4) is 0 Å². The number of methoxy groups -OCH3 is 2. The van der Waals surface area contributed by atoms with Crippen molar-refractivity contribution in [3.63, 3.8) is 0 Å². The third-order valence-electron chi connectivity index (χ3n) is 3.13. The van der Waals surface area contributed by atoms with E-state index < -0.39 is 0 Å². The number of rotatable bonds is 8. The van der Waals surface area contributed by atoms with Crippen molar-refractivity contribution in [2.24, 2.45) is 0 Å². The van der Waals surface area contributed by atoms with Crippen LogP contribution in [0.15, 0.2) is 18.2 Å². The number of nitrogens with zero attached hydrogens (tertiary/aromatic N) is 1. The number of hydrogen-bond donors (Lipinski definition) is 1. The Bertz CT molecular complexity index is 380. The van der Waals surface area contributed by atoms with E-state index in [-0.39, 0.29) is 0 Å². The fraction of sp³-hybridized carbons (Fsp3) is 0.600. The van der Waals surface area contributed by atoms with E-state index in [9.17, 15) is 0 Å². The lowest BCUT2D eigenvalue weighted by Crippen LogP contribution is -2.29. The molecular formula is C15H26N2O2. The van der Waals surface area contributed by atoms with Gasteiger partial charge in [0.2, 0.25) is 0 Å². The number of hydrogen-bond acceptors (Lipinski definition) is 4. The third-order valence-corrected chi connectivity index (χ3v) is 3.13. The van der Waals surface area contributed by atoms with Gasteiger partial charge >= 0.3 is 0 Å². The fourth-order valence-corrected chi connectivity index (χ4v) is 1.93. The minimum absolute atomic E-state index is 0.471. The molecule has 0 heterocycles. The van der Waals surface area contributed by atoms with E-state index in [1.807, 2.05) is 12.1 Å². The zero-order chi connectivity index (χ0) is 14.3. The van der Waals surface area contributed by atoms with Crippen LogP contribution in [-0.2, 0) is 6.54 Å². The number of nitrogens with one attached hydrogen (secondary N) is 1. The average Bonchev–Trinajstić information content (AvgIpc) is 2.42. The molecule has 1 aromatic carbocycles. The molecule has 108 valence electrons. The Morgan fingerprint density at radius 3 is 2.53 bits per heavy atom. The molecule has 0 radical (unpaired) electrons. The maximum Gasteiger partial charge on any atom is 0.165 e. The summed E-state index contributed by atoms with van der Waals surface area (Å²) in [5.74, 6) is 1.60. The highest BCUT2D eigenvalue weighted by molar-refractivity contribution is 5.46. The molecule has 1 aromatic rings. The predicted molar refractivity (Wildman–Crippen MR) is 79.0 cm³/mol. The largest absolute Gasteiger partial charge is 0.493 e. The summed E-state index contributed by atoms with van der Waals surface area (Å²) in [7, 11) is 7.53. The Morgan fingerprint density at radius 2 is 1.95 bits per heavy atom. The molecule has 0 aliphatic carbocycles. The summed E-state index contributed by atoms with van der Waals surface area (Å²) in [6.07, 6.45) is 1.12. The molecule has 19 heavy (non-hydrogen) atoms. The first kappa shape index (κ1) is 15.8. The van der Waals surface area contributed by atoms with Crippen molar-refractivity contribution >= 4 is 0 Å². The van der Waals surface area contributed by atoms with E-state index in [4.69, 9.17) is 9.47 Å². The molecule has 1 atom stereocenters. The second-order valence-corrected chi connectivity index (χ2v) is 5.03. The minimum atomic E-state index is 0.471. The van der Waals surface area contributed by atoms with Gasteiger partial charge in [0.15, 0.2) is 11.5 Å². The molecule has 0 saturated carbocycles. The van der Waals surface area contributed by atoms with E-state index in [0.29, 0.717) is 6.04 Å². The first-order chi connectivity index (χ1) is 9.08. The van der Waals surface area contributed by atoms with Gasteiger partial charge in [-0.3, -0.25) is 0 Å². The van der Waals surface area contributed by atoms with Gasteiger partial charge < -0.3 is 19.7 Å². The van der Waals surface area contributed by atoms with Crippen molar-refractivity contribution in [2.75, 3.05) is 34.9 Å². The first-order valence-electron chi connectivity index (χ1n) is 6.66. The monoisotopic (exact) mass is 266 g/mol. The van der Waals surface area contributed by atoms with Crippen LogP contribution in [0, 0.1) is 0 Å². The van der Waals surface area contributed by atoms with E-state index >= 15 is 0 Å². The van der Waals surface area contributed by atoms with Crippen LogP contribution in [0.1, 0.15) is 18.9 Å². The molecule has 0 bridgehead atoms. The van der Waals surface area contributed by atoms with Gasteiger partial charge in [0, 0.05) is 18.2 Å². The quantitative estimate of drug-likeness (QED) is 0.781. The summed E-state index contributed by atoms with van der Waals surface area (Å²) in [5.41, 5.74) is 1.12. The minimum Gasteiger partial charge on any atom is -0.493 e. The maximum atomic E-state index is 5.42. The van der Waals surface area contributed by atoms with Crippen LogP contribution >= 0.6 is 0 Å². The van der Waals surface area contributed by atoms with Gasteiger partial charge in [-0.05, 0) is 40.1 Å². The summed E-state index contributed by atoms with van der Waals surface area (Å²) >= 11 is 0. The predicted octanol–water partition coefficient (Wildman–Crippen LogP) is 2.13. The average molecular weight is 266 g/mol. The highest BCUT2D eigenvalue weighted by Crippen LogP contribution is 2.30. The lowest BCUT2D eigenvalue weighted by atomic mass is 10.1. The van der Waals surface area contributed by atoms with Crippen LogP contribution in [-0.4, -0.2) is 45.8 Å². The number of ether oxygens (including phenoxy) is 2. The zero-order valence-corrected chi connectivity index (χ0v) is 12.7. The highest BCUT2D eigenvalue weighted by atomic mass is 16.5. The molecule has 4 heteroatoms. The summed E-state index contributed by atoms with van der Waals surface area (Å²) < 4.78 is 10.7. The van der Waals surface area contributed by atoms with Crippen molar-refractivity contribution < 1.29 is 9.47 Å². The van der Waals surface area contributed by atoms with Crippen molar-refractivity contribution in [1.29, 1.82) is 0 Å². The molecule has 0 saturated heterocycles. The van der Waals surface area contributed by atoms with Crippen molar-refractivity contribution in [1.82, 2.24) is 10.2 Å². The van der Waals surface area contributed by atoms with Crippen molar-refractivity contribution in [3.05, 3.63) is 23.8 Å². The topological polar surface area (TPSA) is 33.7 Å². The van der Waals surface area contributed by atoms with Gasteiger partial charge in [0.1, 0.15) is 0 Å². The van der Waals surface area contributed by atoms with Crippen LogP contribution in [0.25, 0.3) is 0 Å². The van der Waals surface area contributed by atoms with E-state index in [2.05, 4.69) is 37.3 Å². The Morgan fingerprint density at radius 1 is 1.21 bits per heavy atom. The van der Waals surface area contributed by atoms with Crippen LogP contribution in [0.4, 0.5) is 0 Å². The molecule has 0 aliphatic rings. The van der Waals surface area contributed by atoms with Crippen molar-refractivity contribution in [2.45, 2.75) is 25.9 Å². The Balaban J connectivity index is 2.57. The summed E-state index contributed by atoms with van der Waals surface area (Å²) in [5, 5.41) is 3.52. The van der Waals surface area contributed by atoms with Gasteiger partial charge in [-0.15, -0.1) is 0 Å². The lowest BCUT2D eigenvalue weighted by Gasteiger charge is -2.18. The highest BCUT2D eigenvalue weighted by Gasteiger charge is 2.10. The fourth-order valence-electron chi connectivity index (χ4n) is 1.93. The van der Waals surface area contributed by atoms with Crippen LogP contribution < -0.4 is 14.8 Å². The summed E-state index contributed by atoms with van der Waals surface area (Å²) in [6, 6.07) is 6.44. The molecule has 0 fully saturated rings. The smallest absolute Gasteiger partial charge is 0.165 e. The zero-order valence-electron chi connectivity index (χ0n) is 12.7. The molecule has 0 aromatic heterocycles. The SMILES string of the molecule is COc1cccc(CNC(C)CCN(C)C)c1OC. The number of benzene rings is 1. The van der Waals surface area contributed by atoms with Gasteiger partial charge in [-0.1, -0.05) is 12.1 Å². The molecule has 0 aliphatic heterocycles. The third kappa shape index (κ3) is 5.09. The van der Waals surface area contributed by atoms with Gasteiger partial charge in [0.25, 0.3) is 0 Å². The molecule has 1 N–H and O–H groups in total. The molecule has 0 amide bonds. The summed E-state index contributed by atoms with van der Waals surface area (Å²) in [4.78, 5) is 2.20. The first-order valence-corrected chi connectivity index (χ1v) is 6.66. The lowest BCUT2D eigenvalue weighted by molar-refractivity contribution is 0.346. The normalized spacial score (nSPS) is 12.5. The number of para-hydroxylation sites is 1. The van der Waals surface area contributed by atoms with Crippen LogP contribution in [0.2, 0.25) is 0 Å². The van der Waals surface area contributed by atoms with Gasteiger partial charge in [-0.25, -0.2) is 0 Å². The molecule has 1 rings (SSSR count). The maximum absolute atomic E-state index is 5.42. The van der Waals surface area contributed by atoms with E-state index in [1.54, 1.807) is 14.2 Å². The Hall–Kier alpha value is -1.26. The molecule has 4 nitrogen and oxygen atoms in total. The van der Waals surface area contributed by atoms with Crippen molar-refractivity contribution in [3.8, 4) is 11.5 Å². The summed E-state index contributed by atoms with van der Waals surface area (Å²) in [6.45, 7) is 4.08. The second kappa shape index (κ2) is 8.02.